The van der Waals surface area contributed by atoms with Crippen LogP contribution in [0.3, 0.4) is 0 Å². The van der Waals surface area contributed by atoms with Gasteiger partial charge in [0, 0.05) is 31.4 Å². The number of carboxylic acid groups (broad SMARTS) is 5. The Kier molecular flexibility index (Phi) is 10.8. The smallest absolute Gasteiger partial charge is 0.321 e. The second kappa shape index (κ2) is 13.5. The molecule has 14 heteroatoms. The Bertz CT molecular complexity index is 970. The highest BCUT2D eigenvalue weighted by atomic mass is 16.4. The normalized spacial score (nSPS) is 18.6. The van der Waals surface area contributed by atoms with Crippen molar-refractivity contribution in [1.82, 2.24) is 14.7 Å². The summed E-state index contributed by atoms with van der Waals surface area (Å²) in [5.41, 5.74) is 6.85. The van der Waals surface area contributed by atoms with Gasteiger partial charge >= 0.3 is 29.8 Å². The number of carboxylic acids is 5. The molecule has 0 spiro atoms. The van der Waals surface area contributed by atoms with Crippen molar-refractivity contribution < 1.29 is 49.5 Å². The molecule has 2 rings (SSSR count). The minimum absolute atomic E-state index is 0.0169. The Balaban J connectivity index is 2.34. The predicted octanol–water partition coefficient (Wildman–Crippen LogP) is -0.960. The standard InChI is InChI=1S/C23H32N4O10/c24-15-3-1-14(2-4-15)9-18(23(36)37)26(8-7-25(11-19(28)29)12-20(30)31)10-16-5-6-17(22(34)35)27(16)13-21(32)33/h1-4,16-18H,5-13,24H2,(H,28,29)(H,30,31)(H,32,33)(H,34,35)(H,36,37)/t16-,17+,18+/m0/s1. The van der Waals surface area contributed by atoms with Crippen molar-refractivity contribution in [2.24, 2.45) is 0 Å². The first-order chi connectivity index (χ1) is 17.4. The zero-order chi connectivity index (χ0) is 27.7. The summed E-state index contributed by atoms with van der Waals surface area (Å²) in [7, 11) is 0. The molecule has 0 radical (unpaired) electrons. The van der Waals surface area contributed by atoms with E-state index in [1.807, 2.05) is 0 Å². The summed E-state index contributed by atoms with van der Waals surface area (Å²) in [6.45, 7) is -1.87. The Morgan fingerprint density at radius 3 is 1.97 bits per heavy atom. The van der Waals surface area contributed by atoms with Crippen LogP contribution in [0.5, 0.6) is 0 Å². The van der Waals surface area contributed by atoms with Crippen molar-refractivity contribution in [2.45, 2.75) is 37.4 Å². The number of hydrogen-bond donors (Lipinski definition) is 6. The Morgan fingerprint density at radius 2 is 1.49 bits per heavy atom. The first-order valence-corrected chi connectivity index (χ1v) is 11.5. The summed E-state index contributed by atoms with van der Waals surface area (Å²) >= 11 is 0. The lowest BCUT2D eigenvalue weighted by Gasteiger charge is -2.36. The third-order valence-electron chi connectivity index (χ3n) is 6.25. The van der Waals surface area contributed by atoms with Gasteiger partial charge in [0.25, 0.3) is 0 Å². The molecular formula is C23H32N4O10. The van der Waals surface area contributed by atoms with Crippen molar-refractivity contribution in [3.63, 3.8) is 0 Å². The fraction of sp³-hybridized carbons (Fsp3) is 0.522. The van der Waals surface area contributed by atoms with Gasteiger partial charge < -0.3 is 31.3 Å². The average Bonchev–Trinajstić information content (AvgIpc) is 3.16. The van der Waals surface area contributed by atoms with Crippen molar-refractivity contribution in [3.05, 3.63) is 29.8 Å². The van der Waals surface area contributed by atoms with Crippen LogP contribution in [-0.4, -0.2) is 127 Å². The number of rotatable bonds is 16. The average molecular weight is 525 g/mol. The molecule has 0 bridgehead atoms. The first-order valence-electron chi connectivity index (χ1n) is 11.5. The van der Waals surface area contributed by atoms with Crippen molar-refractivity contribution in [2.75, 3.05) is 45.0 Å². The highest BCUT2D eigenvalue weighted by Crippen LogP contribution is 2.26. The zero-order valence-corrected chi connectivity index (χ0v) is 20.1. The second-order valence-corrected chi connectivity index (χ2v) is 8.94. The quantitative estimate of drug-likeness (QED) is 0.143. The topological polar surface area (TPSA) is 222 Å². The molecule has 1 heterocycles. The van der Waals surface area contributed by atoms with Gasteiger partial charge in [0.15, 0.2) is 0 Å². The summed E-state index contributed by atoms with van der Waals surface area (Å²) in [5, 5.41) is 47.2. The predicted molar refractivity (Wildman–Crippen MR) is 128 cm³/mol. The molecule has 1 aromatic rings. The molecule has 204 valence electrons. The maximum Gasteiger partial charge on any atom is 0.321 e. The SMILES string of the molecule is Nc1ccc(C[C@H](C(=O)O)N(CCN(CC(=O)O)CC(=O)O)C[C@@H]2CC[C@H](C(=O)O)N2CC(=O)O)cc1. The molecule has 0 saturated carbocycles. The monoisotopic (exact) mass is 524 g/mol. The van der Waals surface area contributed by atoms with E-state index in [-0.39, 0.29) is 32.5 Å². The maximum absolute atomic E-state index is 12.3. The fourth-order valence-corrected chi connectivity index (χ4v) is 4.55. The molecule has 14 nitrogen and oxygen atoms in total. The van der Waals surface area contributed by atoms with Crippen molar-refractivity contribution >= 4 is 35.5 Å². The van der Waals surface area contributed by atoms with Crippen LogP contribution in [-0.2, 0) is 30.4 Å². The van der Waals surface area contributed by atoms with Crippen LogP contribution >= 0.6 is 0 Å². The molecule has 0 aliphatic carbocycles. The van der Waals surface area contributed by atoms with Gasteiger partial charge in [-0.15, -0.1) is 0 Å². The molecule has 0 amide bonds. The van der Waals surface area contributed by atoms with Crippen LogP contribution < -0.4 is 5.73 Å². The largest absolute Gasteiger partial charge is 0.480 e. The Morgan fingerprint density at radius 1 is 0.892 bits per heavy atom. The van der Waals surface area contributed by atoms with Gasteiger partial charge in [-0.2, -0.15) is 0 Å². The van der Waals surface area contributed by atoms with Crippen molar-refractivity contribution in [1.29, 1.82) is 0 Å². The number of carbonyl (C=O) groups is 5. The van der Waals surface area contributed by atoms with E-state index in [1.165, 1.54) is 9.80 Å². The van der Waals surface area contributed by atoms with Crippen LogP contribution in [0, 0.1) is 0 Å². The van der Waals surface area contributed by atoms with Crippen LogP contribution in [0.2, 0.25) is 0 Å². The highest BCUT2D eigenvalue weighted by Gasteiger charge is 2.41. The lowest BCUT2D eigenvalue weighted by Crippen LogP contribution is -2.53. The second-order valence-electron chi connectivity index (χ2n) is 8.94. The van der Waals surface area contributed by atoms with E-state index in [2.05, 4.69) is 0 Å². The molecular weight excluding hydrogens is 492 g/mol. The summed E-state index contributed by atoms with van der Waals surface area (Å²) in [6, 6.07) is 3.77. The number of anilines is 1. The minimum atomic E-state index is -1.25. The molecule has 1 aliphatic rings. The van der Waals surface area contributed by atoms with Crippen LogP contribution in [0.15, 0.2) is 24.3 Å². The molecule has 1 aliphatic heterocycles. The van der Waals surface area contributed by atoms with E-state index < -0.39 is 67.6 Å². The van der Waals surface area contributed by atoms with E-state index in [4.69, 9.17) is 15.9 Å². The summed E-state index contributed by atoms with van der Waals surface area (Å²) in [5.74, 6) is -6.11. The zero-order valence-electron chi connectivity index (χ0n) is 20.1. The van der Waals surface area contributed by atoms with Crippen LogP contribution in [0.1, 0.15) is 18.4 Å². The molecule has 1 saturated heterocycles. The summed E-state index contributed by atoms with van der Waals surface area (Å²) in [6.07, 6.45) is 0.519. The Labute approximate surface area is 212 Å². The van der Waals surface area contributed by atoms with E-state index in [0.29, 0.717) is 17.7 Å². The fourth-order valence-electron chi connectivity index (χ4n) is 4.55. The van der Waals surface area contributed by atoms with Gasteiger partial charge in [0.2, 0.25) is 0 Å². The lowest BCUT2D eigenvalue weighted by molar-refractivity contribution is -0.148. The third kappa shape index (κ3) is 9.33. The lowest BCUT2D eigenvalue weighted by atomic mass is 10.0. The number of nitrogens with zero attached hydrogens (tertiary/aromatic N) is 3. The Hall–Kier alpha value is -3.75. The number of nitrogen functional groups attached to an aromatic ring is 1. The van der Waals surface area contributed by atoms with Gasteiger partial charge in [-0.25, -0.2) is 0 Å². The number of nitrogens with two attached hydrogens (primary N) is 1. The van der Waals surface area contributed by atoms with E-state index >= 15 is 0 Å². The number of aliphatic carboxylic acids is 5. The molecule has 7 N–H and O–H groups in total. The minimum Gasteiger partial charge on any atom is -0.480 e. The van der Waals surface area contributed by atoms with E-state index in [1.54, 1.807) is 24.3 Å². The van der Waals surface area contributed by atoms with Gasteiger partial charge in [-0.1, -0.05) is 12.1 Å². The van der Waals surface area contributed by atoms with Gasteiger partial charge in [-0.05, 0) is 37.0 Å². The molecule has 3 atom stereocenters. The third-order valence-corrected chi connectivity index (χ3v) is 6.25. The molecule has 1 fully saturated rings. The maximum atomic E-state index is 12.3. The molecule has 1 aromatic carbocycles. The van der Waals surface area contributed by atoms with Crippen LogP contribution in [0.4, 0.5) is 5.69 Å². The highest BCUT2D eigenvalue weighted by molar-refractivity contribution is 5.76. The van der Waals surface area contributed by atoms with E-state index in [0.717, 1.165) is 4.90 Å². The van der Waals surface area contributed by atoms with Crippen molar-refractivity contribution in [3.8, 4) is 0 Å². The van der Waals surface area contributed by atoms with Gasteiger partial charge in [-0.3, -0.25) is 38.7 Å². The number of likely N-dealkylation sites (tertiary alicyclic amines) is 1. The van der Waals surface area contributed by atoms with E-state index in [9.17, 15) is 39.3 Å². The molecule has 0 unspecified atom stereocenters. The summed E-state index contributed by atoms with van der Waals surface area (Å²) in [4.78, 5) is 61.8. The summed E-state index contributed by atoms with van der Waals surface area (Å²) < 4.78 is 0. The molecule has 37 heavy (non-hydrogen) atoms. The number of benzene rings is 1. The van der Waals surface area contributed by atoms with Gasteiger partial charge in [0.1, 0.15) is 12.1 Å². The molecule has 0 aromatic heterocycles. The van der Waals surface area contributed by atoms with Gasteiger partial charge in [0.05, 0.1) is 19.6 Å². The van der Waals surface area contributed by atoms with Crippen LogP contribution in [0.25, 0.3) is 0 Å². The first kappa shape index (κ1) is 29.5. The number of hydrogen-bond acceptors (Lipinski definition) is 9.